The average Bonchev–Trinajstić information content (AvgIpc) is 3.29. The molecule has 2 aliphatic rings. The van der Waals surface area contributed by atoms with E-state index >= 15 is 0 Å². The van der Waals surface area contributed by atoms with E-state index in [1.807, 2.05) is 0 Å². The van der Waals surface area contributed by atoms with Crippen molar-refractivity contribution in [3.8, 4) is 11.1 Å². The molecule has 28 heavy (non-hydrogen) atoms. The van der Waals surface area contributed by atoms with Crippen LogP contribution in [0, 0.1) is 0 Å². The van der Waals surface area contributed by atoms with E-state index < -0.39 is 0 Å². The van der Waals surface area contributed by atoms with Crippen molar-refractivity contribution in [3.63, 3.8) is 0 Å². The van der Waals surface area contributed by atoms with Crippen molar-refractivity contribution in [2.75, 3.05) is 7.11 Å². The Kier molecular flexibility index (Phi) is 5.37. The molecule has 2 unspecified atom stereocenters. The topological polar surface area (TPSA) is 21.8 Å². The Bertz CT molecular complexity index is 832. The van der Waals surface area contributed by atoms with E-state index in [0.717, 1.165) is 6.42 Å². The van der Waals surface area contributed by atoms with Crippen molar-refractivity contribution in [2.45, 2.75) is 83.0 Å². The summed E-state index contributed by atoms with van der Waals surface area (Å²) < 4.78 is 11.2. The van der Waals surface area contributed by atoms with Crippen LogP contribution in [-0.4, -0.2) is 19.0 Å². The van der Waals surface area contributed by atoms with Crippen LogP contribution in [0.15, 0.2) is 42.5 Å². The minimum atomic E-state index is -0.177. The fourth-order valence-corrected chi connectivity index (χ4v) is 5.27. The summed E-state index contributed by atoms with van der Waals surface area (Å²) in [5.41, 5.74) is 7.34. The number of hydrogen-bond donors (Lipinski definition) is 0. The van der Waals surface area contributed by atoms with Gasteiger partial charge in [-0.25, -0.2) is 0 Å². The summed E-state index contributed by atoms with van der Waals surface area (Å²) in [6.07, 6.45) is 8.36. The lowest BCUT2D eigenvalue weighted by Gasteiger charge is -2.33. The molecule has 0 radical (unpaired) electrons. The molecule has 0 bridgehead atoms. The highest BCUT2D eigenvalue weighted by molar-refractivity contribution is 5.81. The number of fused-ring (bicyclic) bond motifs is 3. The molecule has 0 N–H and O–H groups in total. The van der Waals surface area contributed by atoms with Gasteiger partial charge in [0.2, 0.25) is 0 Å². The van der Waals surface area contributed by atoms with E-state index in [9.17, 15) is 0 Å². The van der Waals surface area contributed by atoms with Crippen molar-refractivity contribution in [3.05, 3.63) is 59.2 Å². The molecule has 2 atom stereocenters. The van der Waals surface area contributed by atoms with Crippen LogP contribution in [0.3, 0.4) is 0 Å². The Morgan fingerprint density at radius 3 is 2.25 bits per heavy atom. The first kappa shape index (κ1) is 19.7. The molecule has 2 aromatic rings. The zero-order valence-electron chi connectivity index (χ0n) is 17.9. The first-order valence-electron chi connectivity index (χ1n) is 11.0. The Morgan fingerprint density at radius 1 is 0.929 bits per heavy atom. The van der Waals surface area contributed by atoms with E-state index in [1.165, 1.54) is 55.2 Å². The number of methoxy groups -OCH3 is 1. The van der Waals surface area contributed by atoms with Crippen molar-refractivity contribution < 1.29 is 9.47 Å². The van der Waals surface area contributed by atoms with Gasteiger partial charge >= 0.3 is 0 Å². The van der Waals surface area contributed by atoms with Gasteiger partial charge in [0, 0.05) is 18.9 Å². The lowest BCUT2D eigenvalue weighted by molar-refractivity contribution is 0.0950. The van der Waals surface area contributed by atoms with Crippen LogP contribution >= 0.6 is 0 Å². The number of hydrogen-bond acceptors (Lipinski definition) is 2. The van der Waals surface area contributed by atoms with Gasteiger partial charge in [-0.3, -0.25) is 0 Å². The SMILES string of the molecule is CCCCC1(CCCC)c2ccccc2-c2ccc(CC3(C)OC3OC)cc21. The highest BCUT2D eigenvalue weighted by atomic mass is 16.8. The lowest BCUT2D eigenvalue weighted by atomic mass is 9.70. The summed E-state index contributed by atoms with van der Waals surface area (Å²) in [4.78, 5) is 0. The van der Waals surface area contributed by atoms with Crippen LogP contribution in [0.4, 0.5) is 0 Å². The van der Waals surface area contributed by atoms with E-state index in [4.69, 9.17) is 9.47 Å². The molecule has 2 heteroatoms. The number of rotatable bonds is 9. The van der Waals surface area contributed by atoms with Crippen LogP contribution < -0.4 is 0 Å². The second-order valence-electron chi connectivity index (χ2n) is 8.89. The second kappa shape index (κ2) is 7.65. The van der Waals surface area contributed by atoms with E-state index in [1.54, 1.807) is 18.2 Å². The van der Waals surface area contributed by atoms with E-state index in [2.05, 4.69) is 63.2 Å². The quantitative estimate of drug-likeness (QED) is 0.456. The van der Waals surface area contributed by atoms with Gasteiger partial charge in [-0.15, -0.1) is 0 Å². The van der Waals surface area contributed by atoms with E-state index in [-0.39, 0.29) is 17.3 Å². The molecule has 1 fully saturated rings. The van der Waals surface area contributed by atoms with Crippen molar-refractivity contribution >= 4 is 0 Å². The number of epoxide rings is 1. The van der Waals surface area contributed by atoms with Gasteiger partial charge in [-0.2, -0.15) is 0 Å². The standard InChI is InChI=1S/C26H34O2/c1-5-7-15-26(16-8-6-2)22-12-10-9-11-20(22)21-14-13-19(17-23(21)26)18-25(3)24(27-4)28-25/h9-14,17,24H,5-8,15-16,18H2,1-4H3. The molecular weight excluding hydrogens is 344 g/mol. The fourth-order valence-electron chi connectivity index (χ4n) is 5.27. The molecule has 0 saturated carbocycles. The molecule has 4 rings (SSSR count). The number of benzene rings is 2. The molecule has 1 aliphatic heterocycles. The molecule has 1 heterocycles. The van der Waals surface area contributed by atoms with Gasteiger partial charge in [0.15, 0.2) is 6.29 Å². The van der Waals surface area contributed by atoms with Crippen molar-refractivity contribution in [1.82, 2.24) is 0 Å². The lowest BCUT2D eigenvalue weighted by Crippen LogP contribution is -2.26. The van der Waals surface area contributed by atoms with Crippen molar-refractivity contribution in [1.29, 1.82) is 0 Å². The van der Waals surface area contributed by atoms with Crippen LogP contribution in [-0.2, 0) is 21.3 Å². The fraction of sp³-hybridized carbons (Fsp3) is 0.538. The third-order valence-corrected chi connectivity index (χ3v) is 6.83. The van der Waals surface area contributed by atoms with Gasteiger partial charge in [-0.05, 0) is 47.6 Å². The largest absolute Gasteiger partial charge is 0.353 e. The Labute approximate surface area is 170 Å². The summed E-state index contributed by atoms with van der Waals surface area (Å²) in [7, 11) is 1.73. The number of ether oxygens (including phenoxy) is 2. The van der Waals surface area contributed by atoms with Gasteiger partial charge < -0.3 is 9.47 Å². The molecule has 2 nitrogen and oxygen atoms in total. The third-order valence-electron chi connectivity index (χ3n) is 6.83. The Balaban J connectivity index is 1.77. The van der Waals surface area contributed by atoms with Gasteiger partial charge in [0.1, 0.15) is 5.60 Å². The zero-order chi connectivity index (χ0) is 19.8. The summed E-state index contributed by atoms with van der Waals surface area (Å²) in [5.74, 6) is 0. The van der Waals surface area contributed by atoms with Crippen LogP contribution in [0.2, 0.25) is 0 Å². The maximum absolute atomic E-state index is 5.80. The maximum atomic E-state index is 5.80. The predicted octanol–water partition coefficient (Wildman–Crippen LogP) is 6.64. The minimum absolute atomic E-state index is 0.0668. The first-order chi connectivity index (χ1) is 13.6. The Morgan fingerprint density at radius 2 is 1.61 bits per heavy atom. The molecule has 2 aromatic carbocycles. The minimum Gasteiger partial charge on any atom is -0.353 e. The van der Waals surface area contributed by atoms with Gasteiger partial charge in [0.05, 0.1) is 0 Å². The van der Waals surface area contributed by atoms with Crippen molar-refractivity contribution in [2.24, 2.45) is 0 Å². The molecule has 0 spiro atoms. The molecule has 150 valence electrons. The zero-order valence-corrected chi connectivity index (χ0v) is 17.9. The molecule has 1 saturated heterocycles. The first-order valence-corrected chi connectivity index (χ1v) is 11.0. The van der Waals surface area contributed by atoms with Crippen LogP contribution in [0.5, 0.6) is 0 Å². The Hall–Kier alpha value is -1.64. The summed E-state index contributed by atoms with van der Waals surface area (Å²) in [6.45, 7) is 6.77. The summed E-state index contributed by atoms with van der Waals surface area (Å²) in [6, 6.07) is 16.3. The molecule has 0 aromatic heterocycles. The average molecular weight is 379 g/mol. The van der Waals surface area contributed by atoms with E-state index in [0.29, 0.717) is 0 Å². The molecule has 0 amide bonds. The van der Waals surface area contributed by atoms with Crippen LogP contribution in [0.1, 0.15) is 76.0 Å². The predicted molar refractivity (Wildman–Crippen MR) is 116 cm³/mol. The normalized spacial score (nSPS) is 24.1. The summed E-state index contributed by atoms with van der Waals surface area (Å²) in [5, 5.41) is 0. The third kappa shape index (κ3) is 3.21. The van der Waals surface area contributed by atoms with Gasteiger partial charge in [-0.1, -0.05) is 82.0 Å². The van der Waals surface area contributed by atoms with Gasteiger partial charge in [0.25, 0.3) is 0 Å². The smallest absolute Gasteiger partial charge is 0.187 e. The maximum Gasteiger partial charge on any atom is 0.187 e. The second-order valence-corrected chi connectivity index (χ2v) is 8.89. The van der Waals surface area contributed by atoms with Crippen LogP contribution in [0.25, 0.3) is 11.1 Å². The highest BCUT2D eigenvalue weighted by Gasteiger charge is 2.53. The monoisotopic (exact) mass is 378 g/mol. The molecule has 1 aliphatic carbocycles. The summed E-state index contributed by atoms with van der Waals surface area (Å²) >= 11 is 0. The molecular formula is C26H34O2. The highest BCUT2D eigenvalue weighted by Crippen LogP contribution is 2.54. The number of unbranched alkanes of at least 4 members (excludes halogenated alkanes) is 2.